The fourth-order valence-electron chi connectivity index (χ4n) is 1.91. The lowest BCUT2D eigenvalue weighted by Crippen LogP contribution is -2.36. The van der Waals surface area contributed by atoms with Crippen molar-refractivity contribution in [3.63, 3.8) is 0 Å². The van der Waals surface area contributed by atoms with Gasteiger partial charge < -0.3 is 9.84 Å². The van der Waals surface area contributed by atoms with Crippen molar-refractivity contribution in [2.24, 2.45) is 11.8 Å². The first-order valence-corrected chi connectivity index (χ1v) is 4.80. The van der Waals surface area contributed by atoms with Gasteiger partial charge in [0, 0.05) is 13.2 Å². The average molecular weight is 172 g/mol. The van der Waals surface area contributed by atoms with Gasteiger partial charge in [-0.1, -0.05) is 6.92 Å². The Morgan fingerprint density at radius 3 is 2.75 bits per heavy atom. The van der Waals surface area contributed by atoms with Gasteiger partial charge in [-0.15, -0.1) is 0 Å². The predicted octanol–water partition coefficient (Wildman–Crippen LogP) is 1.82. The number of aliphatic hydroxyl groups is 1. The van der Waals surface area contributed by atoms with E-state index in [2.05, 4.69) is 20.8 Å². The molecule has 1 aliphatic heterocycles. The molecule has 1 unspecified atom stereocenters. The number of aliphatic hydroxyl groups excluding tert-OH is 1. The van der Waals surface area contributed by atoms with Crippen molar-refractivity contribution in [2.45, 2.75) is 39.2 Å². The molecule has 72 valence electrons. The Morgan fingerprint density at radius 2 is 2.25 bits per heavy atom. The van der Waals surface area contributed by atoms with Crippen LogP contribution in [-0.4, -0.2) is 23.9 Å². The molecule has 1 fully saturated rings. The van der Waals surface area contributed by atoms with Crippen LogP contribution >= 0.6 is 0 Å². The first kappa shape index (κ1) is 10.0. The van der Waals surface area contributed by atoms with Crippen LogP contribution in [0.5, 0.6) is 0 Å². The molecule has 2 nitrogen and oxygen atoms in total. The zero-order chi connectivity index (χ0) is 9.19. The Balaban J connectivity index is 2.46. The maximum Gasteiger partial charge on any atom is 0.0629 e. The minimum atomic E-state index is 0.0202. The van der Waals surface area contributed by atoms with Crippen LogP contribution in [0, 0.1) is 11.8 Å². The molecule has 0 radical (unpaired) electrons. The Morgan fingerprint density at radius 1 is 1.58 bits per heavy atom. The number of hydrogen-bond acceptors (Lipinski definition) is 2. The molecule has 0 bridgehead atoms. The summed E-state index contributed by atoms with van der Waals surface area (Å²) in [7, 11) is 0. The highest BCUT2D eigenvalue weighted by Gasteiger charge is 2.31. The molecule has 0 saturated carbocycles. The van der Waals surface area contributed by atoms with E-state index in [9.17, 15) is 0 Å². The predicted molar refractivity (Wildman–Crippen MR) is 49.0 cm³/mol. The van der Waals surface area contributed by atoms with Gasteiger partial charge in [0.05, 0.1) is 5.60 Å². The molecular weight excluding hydrogens is 152 g/mol. The molecule has 1 rings (SSSR count). The maximum atomic E-state index is 9.02. The van der Waals surface area contributed by atoms with Crippen LogP contribution in [-0.2, 0) is 4.74 Å². The van der Waals surface area contributed by atoms with Gasteiger partial charge in [-0.3, -0.25) is 0 Å². The molecule has 0 aliphatic carbocycles. The fraction of sp³-hybridized carbons (Fsp3) is 1.00. The van der Waals surface area contributed by atoms with Gasteiger partial charge in [-0.2, -0.15) is 0 Å². The van der Waals surface area contributed by atoms with Crippen LogP contribution in [0.2, 0.25) is 0 Å². The van der Waals surface area contributed by atoms with Crippen LogP contribution < -0.4 is 0 Å². The van der Waals surface area contributed by atoms with Crippen molar-refractivity contribution in [3.05, 3.63) is 0 Å². The van der Waals surface area contributed by atoms with Crippen LogP contribution in [0.15, 0.2) is 0 Å². The third-order valence-corrected chi connectivity index (χ3v) is 2.83. The molecule has 0 aromatic carbocycles. The second kappa shape index (κ2) is 3.75. The molecule has 12 heavy (non-hydrogen) atoms. The molecule has 0 aromatic rings. The summed E-state index contributed by atoms with van der Waals surface area (Å²) in [5.74, 6) is 1.06. The second-order valence-electron chi connectivity index (χ2n) is 4.52. The van der Waals surface area contributed by atoms with E-state index < -0.39 is 0 Å². The van der Waals surface area contributed by atoms with Crippen molar-refractivity contribution in [1.29, 1.82) is 0 Å². The molecule has 1 aliphatic rings. The number of ether oxygens (including phenoxy) is 1. The highest BCUT2D eigenvalue weighted by atomic mass is 16.5. The quantitative estimate of drug-likeness (QED) is 0.688. The van der Waals surface area contributed by atoms with Gasteiger partial charge in [0.2, 0.25) is 0 Å². The summed E-state index contributed by atoms with van der Waals surface area (Å²) < 4.78 is 5.61. The van der Waals surface area contributed by atoms with Crippen LogP contribution in [0.3, 0.4) is 0 Å². The maximum absolute atomic E-state index is 9.02. The molecular formula is C10H20O2. The lowest BCUT2D eigenvalue weighted by atomic mass is 9.81. The summed E-state index contributed by atoms with van der Waals surface area (Å²) in [6.07, 6.45) is 2.18. The van der Waals surface area contributed by atoms with Crippen molar-refractivity contribution >= 4 is 0 Å². The van der Waals surface area contributed by atoms with Gasteiger partial charge >= 0.3 is 0 Å². The first-order valence-electron chi connectivity index (χ1n) is 4.80. The van der Waals surface area contributed by atoms with E-state index in [1.807, 2.05) is 0 Å². The lowest BCUT2D eigenvalue weighted by Gasteiger charge is -2.37. The Bertz CT molecular complexity index is 143. The summed E-state index contributed by atoms with van der Waals surface area (Å²) in [6.45, 7) is 7.53. The van der Waals surface area contributed by atoms with Crippen molar-refractivity contribution < 1.29 is 9.84 Å². The van der Waals surface area contributed by atoms with Crippen molar-refractivity contribution in [3.8, 4) is 0 Å². The van der Waals surface area contributed by atoms with E-state index in [0.29, 0.717) is 18.4 Å². The standard InChI is InChI=1S/C10H20O2/c1-8(7-11)9-4-5-12-10(2,3)6-9/h8-9,11H,4-7H2,1-3H3/t8-,9?/m1/s1. The summed E-state index contributed by atoms with van der Waals surface area (Å²) in [4.78, 5) is 0. The smallest absolute Gasteiger partial charge is 0.0629 e. The van der Waals surface area contributed by atoms with Crippen molar-refractivity contribution in [1.82, 2.24) is 0 Å². The summed E-state index contributed by atoms with van der Waals surface area (Å²) in [5.41, 5.74) is 0.0202. The largest absolute Gasteiger partial charge is 0.396 e. The Kier molecular flexibility index (Phi) is 3.13. The third kappa shape index (κ3) is 2.46. The van der Waals surface area contributed by atoms with Gasteiger partial charge in [-0.25, -0.2) is 0 Å². The van der Waals surface area contributed by atoms with Gasteiger partial charge in [0.15, 0.2) is 0 Å². The fourth-order valence-corrected chi connectivity index (χ4v) is 1.91. The molecule has 1 saturated heterocycles. The molecule has 1 N–H and O–H groups in total. The molecule has 1 heterocycles. The summed E-state index contributed by atoms with van der Waals surface area (Å²) >= 11 is 0. The van der Waals surface area contributed by atoms with Crippen molar-refractivity contribution in [2.75, 3.05) is 13.2 Å². The second-order valence-corrected chi connectivity index (χ2v) is 4.52. The van der Waals surface area contributed by atoms with Gasteiger partial charge in [-0.05, 0) is 38.5 Å². The Hall–Kier alpha value is -0.0800. The van der Waals surface area contributed by atoms with Crippen LogP contribution in [0.4, 0.5) is 0 Å². The van der Waals surface area contributed by atoms with E-state index in [1.165, 1.54) is 0 Å². The topological polar surface area (TPSA) is 29.5 Å². The molecule has 0 spiro atoms. The van der Waals surface area contributed by atoms with Crippen LogP contribution in [0.1, 0.15) is 33.6 Å². The van der Waals surface area contributed by atoms with E-state index in [1.54, 1.807) is 0 Å². The summed E-state index contributed by atoms with van der Waals surface area (Å²) in [5, 5.41) is 9.02. The van der Waals surface area contributed by atoms with E-state index in [4.69, 9.17) is 9.84 Å². The average Bonchev–Trinajstić information content (AvgIpc) is 2.01. The van der Waals surface area contributed by atoms with Crippen LogP contribution in [0.25, 0.3) is 0 Å². The third-order valence-electron chi connectivity index (χ3n) is 2.83. The minimum Gasteiger partial charge on any atom is -0.396 e. The molecule has 2 atom stereocenters. The number of hydrogen-bond donors (Lipinski definition) is 1. The highest BCUT2D eigenvalue weighted by molar-refractivity contribution is 4.81. The monoisotopic (exact) mass is 172 g/mol. The van der Waals surface area contributed by atoms with E-state index in [0.717, 1.165) is 19.4 Å². The highest BCUT2D eigenvalue weighted by Crippen LogP contribution is 2.32. The normalized spacial score (nSPS) is 31.5. The lowest BCUT2D eigenvalue weighted by molar-refractivity contribution is -0.0844. The molecule has 2 heteroatoms. The first-order chi connectivity index (χ1) is 5.55. The van der Waals surface area contributed by atoms with Gasteiger partial charge in [0.25, 0.3) is 0 Å². The molecule has 0 aromatic heterocycles. The molecule has 0 amide bonds. The van der Waals surface area contributed by atoms with Gasteiger partial charge in [0.1, 0.15) is 0 Å². The zero-order valence-electron chi connectivity index (χ0n) is 8.34. The SMILES string of the molecule is C[C@H](CO)C1CCOC(C)(C)C1. The zero-order valence-corrected chi connectivity index (χ0v) is 8.34. The summed E-state index contributed by atoms with van der Waals surface area (Å²) in [6, 6.07) is 0. The Labute approximate surface area is 74.9 Å². The van der Waals surface area contributed by atoms with E-state index in [-0.39, 0.29) is 5.60 Å². The van der Waals surface area contributed by atoms with E-state index >= 15 is 0 Å². The minimum absolute atomic E-state index is 0.0202. The number of rotatable bonds is 2.